The first kappa shape index (κ1) is 10.9. The second-order valence-corrected chi connectivity index (χ2v) is 3.05. The Morgan fingerprint density at radius 2 is 2.41 bits per heavy atom. The van der Waals surface area contributed by atoms with Crippen molar-refractivity contribution in [2.75, 3.05) is 0 Å². The number of aromatic amines is 1. The summed E-state index contributed by atoms with van der Waals surface area (Å²) in [5.74, 6) is -1.68. The lowest BCUT2D eigenvalue weighted by molar-refractivity contribution is -0.137. The summed E-state index contributed by atoms with van der Waals surface area (Å²) in [6.07, 6.45) is 2.78. The molecule has 0 aromatic carbocycles. The fraction of sp³-hybridized carbons (Fsp3) is 0.111. The van der Waals surface area contributed by atoms with E-state index in [-0.39, 0.29) is 5.82 Å². The number of hydrogen-bond donors (Lipinski definition) is 2. The van der Waals surface area contributed by atoms with E-state index in [1.807, 2.05) is 0 Å². The Kier molecular flexibility index (Phi) is 3.15. The third-order valence-corrected chi connectivity index (χ3v) is 1.91. The lowest BCUT2D eigenvalue weighted by atomic mass is 10.1. The number of carboxylic acid groups (broad SMARTS) is 1. The Labute approximate surface area is 95.4 Å². The minimum absolute atomic E-state index is 0.0529. The van der Waals surface area contributed by atoms with Crippen molar-refractivity contribution in [3.63, 3.8) is 0 Å². The fourth-order valence-corrected chi connectivity index (χ4v) is 1.12. The van der Waals surface area contributed by atoms with Gasteiger partial charge in [0.2, 0.25) is 0 Å². The van der Waals surface area contributed by atoms with Crippen LogP contribution in [0.3, 0.4) is 0 Å². The number of tetrazole rings is 1. The molecule has 0 aliphatic carbocycles. The van der Waals surface area contributed by atoms with Gasteiger partial charge in [-0.2, -0.15) is 5.21 Å². The number of aliphatic carboxylic acids is 1. The number of rotatable bonds is 4. The first-order valence-corrected chi connectivity index (χ1v) is 4.69. The molecule has 2 rings (SSSR count). The van der Waals surface area contributed by atoms with Gasteiger partial charge >= 0.3 is 5.97 Å². The topological polar surface area (TPSA) is 117 Å². The summed E-state index contributed by atoms with van der Waals surface area (Å²) < 4.78 is 0. The van der Waals surface area contributed by atoms with Crippen LogP contribution in [0.2, 0.25) is 0 Å². The SMILES string of the molecule is O=C(O)C(C=Nc1ccccn1)c1nn[nH]n1. The predicted octanol–water partition coefficient (Wildman–Crippen LogP) is 0.165. The summed E-state index contributed by atoms with van der Waals surface area (Å²) in [4.78, 5) is 18.9. The Morgan fingerprint density at radius 1 is 1.53 bits per heavy atom. The van der Waals surface area contributed by atoms with Crippen LogP contribution in [-0.4, -0.2) is 42.9 Å². The number of carbonyl (C=O) groups is 1. The molecule has 2 aromatic rings. The van der Waals surface area contributed by atoms with E-state index < -0.39 is 11.9 Å². The van der Waals surface area contributed by atoms with E-state index in [0.717, 1.165) is 0 Å². The summed E-state index contributed by atoms with van der Waals surface area (Å²) in [7, 11) is 0. The number of pyridine rings is 1. The van der Waals surface area contributed by atoms with Gasteiger partial charge in [0.25, 0.3) is 0 Å². The highest BCUT2D eigenvalue weighted by Crippen LogP contribution is 2.10. The summed E-state index contributed by atoms with van der Waals surface area (Å²) in [5.41, 5.74) is 0. The number of aromatic nitrogens is 5. The molecule has 86 valence electrons. The molecule has 1 unspecified atom stereocenters. The molecule has 2 heterocycles. The number of hydrogen-bond acceptors (Lipinski definition) is 6. The number of H-pyrrole nitrogens is 1. The Balaban J connectivity index is 2.20. The van der Waals surface area contributed by atoms with E-state index in [1.54, 1.807) is 24.4 Å². The van der Waals surface area contributed by atoms with Gasteiger partial charge in [0.05, 0.1) is 0 Å². The number of nitrogens with one attached hydrogen (secondary N) is 1. The zero-order valence-corrected chi connectivity index (χ0v) is 8.56. The highest BCUT2D eigenvalue weighted by molar-refractivity contribution is 5.94. The number of aliphatic imine (C=N–C) groups is 1. The van der Waals surface area contributed by atoms with Crippen LogP contribution in [0.15, 0.2) is 29.4 Å². The predicted molar refractivity (Wildman–Crippen MR) is 56.9 cm³/mol. The van der Waals surface area contributed by atoms with E-state index in [4.69, 9.17) is 5.11 Å². The largest absolute Gasteiger partial charge is 0.480 e. The molecule has 2 N–H and O–H groups in total. The quantitative estimate of drug-likeness (QED) is 0.725. The second kappa shape index (κ2) is 4.92. The van der Waals surface area contributed by atoms with E-state index >= 15 is 0 Å². The minimum Gasteiger partial charge on any atom is -0.480 e. The zero-order valence-electron chi connectivity index (χ0n) is 8.56. The van der Waals surface area contributed by atoms with Gasteiger partial charge < -0.3 is 5.11 Å². The maximum Gasteiger partial charge on any atom is 0.319 e. The second-order valence-electron chi connectivity index (χ2n) is 3.05. The summed E-state index contributed by atoms with van der Waals surface area (Å²) >= 11 is 0. The Morgan fingerprint density at radius 3 is 3.00 bits per heavy atom. The van der Waals surface area contributed by atoms with Crippen LogP contribution in [-0.2, 0) is 4.79 Å². The van der Waals surface area contributed by atoms with Crippen LogP contribution >= 0.6 is 0 Å². The Bertz CT molecular complexity index is 510. The van der Waals surface area contributed by atoms with Crippen molar-refractivity contribution in [1.82, 2.24) is 25.6 Å². The zero-order chi connectivity index (χ0) is 12.1. The third kappa shape index (κ3) is 2.68. The molecule has 0 saturated carbocycles. The molecule has 0 aliphatic heterocycles. The average molecular weight is 232 g/mol. The molecule has 0 fully saturated rings. The van der Waals surface area contributed by atoms with E-state index in [1.165, 1.54) is 6.21 Å². The molecule has 0 spiro atoms. The first-order valence-electron chi connectivity index (χ1n) is 4.69. The van der Waals surface area contributed by atoms with Gasteiger partial charge in [0, 0.05) is 12.4 Å². The maximum absolute atomic E-state index is 11.0. The molecule has 0 amide bonds. The average Bonchev–Trinajstić information content (AvgIpc) is 2.84. The van der Waals surface area contributed by atoms with Crippen LogP contribution in [0.1, 0.15) is 11.7 Å². The number of nitrogens with zero attached hydrogens (tertiary/aromatic N) is 5. The van der Waals surface area contributed by atoms with Gasteiger partial charge in [-0.05, 0) is 12.1 Å². The van der Waals surface area contributed by atoms with Crippen molar-refractivity contribution in [3.8, 4) is 0 Å². The Hall–Kier alpha value is -2.64. The van der Waals surface area contributed by atoms with Gasteiger partial charge in [-0.1, -0.05) is 11.3 Å². The summed E-state index contributed by atoms with van der Waals surface area (Å²) in [5, 5.41) is 21.7. The number of carboxylic acids is 1. The van der Waals surface area contributed by atoms with Crippen LogP contribution < -0.4 is 0 Å². The molecule has 0 aliphatic rings. The molecular formula is C9H8N6O2. The standard InChI is InChI=1S/C9H8N6O2/c16-9(17)6(8-12-14-15-13-8)5-11-7-3-1-2-4-10-7/h1-6H,(H,16,17)(H,12,13,14,15). The lowest BCUT2D eigenvalue weighted by Gasteiger charge is -1.99. The molecule has 8 nitrogen and oxygen atoms in total. The lowest BCUT2D eigenvalue weighted by Crippen LogP contribution is -2.14. The van der Waals surface area contributed by atoms with Crippen molar-refractivity contribution >= 4 is 18.0 Å². The molecule has 0 radical (unpaired) electrons. The molecule has 0 saturated heterocycles. The normalized spacial score (nSPS) is 12.7. The van der Waals surface area contributed by atoms with Gasteiger partial charge in [-0.25, -0.2) is 9.98 Å². The van der Waals surface area contributed by atoms with Gasteiger partial charge in [0.1, 0.15) is 0 Å². The van der Waals surface area contributed by atoms with Crippen molar-refractivity contribution in [2.45, 2.75) is 5.92 Å². The van der Waals surface area contributed by atoms with Crippen LogP contribution in [0, 0.1) is 0 Å². The molecule has 17 heavy (non-hydrogen) atoms. The molecule has 2 aromatic heterocycles. The van der Waals surface area contributed by atoms with Crippen molar-refractivity contribution < 1.29 is 9.90 Å². The van der Waals surface area contributed by atoms with E-state index in [0.29, 0.717) is 5.82 Å². The van der Waals surface area contributed by atoms with Gasteiger partial charge in [-0.3, -0.25) is 4.79 Å². The molecule has 1 atom stereocenters. The van der Waals surface area contributed by atoms with Crippen LogP contribution in [0.25, 0.3) is 0 Å². The molecular weight excluding hydrogens is 224 g/mol. The van der Waals surface area contributed by atoms with Crippen LogP contribution in [0.5, 0.6) is 0 Å². The van der Waals surface area contributed by atoms with Gasteiger partial charge in [0.15, 0.2) is 17.6 Å². The molecule has 0 bridgehead atoms. The minimum atomic E-state index is -1.11. The van der Waals surface area contributed by atoms with Crippen molar-refractivity contribution in [1.29, 1.82) is 0 Å². The first-order chi connectivity index (χ1) is 8.27. The van der Waals surface area contributed by atoms with Crippen molar-refractivity contribution in [3.05, 3.63) is 30.2 Å². The summed E-state index contributed by atoms with van der Waals surface area (Å²) in [6.45, 7) is 0. The third-order valence-electron chi connectivity index (χ3n) is 1.91. The van der Waals surface area contributed by atoms with E-state index in [2.05, 4.69) is 30.6 Å². The summed E-state index contributed by atoms with van der Waals surface area (Å²) in [6, 6.07) is 5.16. The smallest absolute Gasteiger partial charge is 0.319 e. The molecule has 8 heteroatoms. The van der Waals surface area contributed by atoms with E-state index in [9.17, 15) is 4.79 Å². The van der Waals surface area contributed by atoms with Crippen LogP contribution in [0.4, 0.5) is 5.82 Å². The monoisotopic (exact) mass is 232 g/mol. The maximum atomic E-state index is 11.0. The fourth-order valence-electron chi connectivity index (χ4n) is 1.12. The van der Waals surface area contributed by atoms with Crippen molar-refractivity contribution in [2.24, 2.45) is 4.99 Å². The highest BCUT2D eigenvalue weighted by atomic mass is 16.4. The van der Waals surface area contributed by atoms with Gasteiger partial charge in [-0.15, -0.1) is 10.2 Å². The highest BCUT2D eigenvalue weighted by Gasteiger charge is 2.21.